The van der Waals surface area contributed by atoms with Gasteiger partial charge < -0.3 is 24.7 Å². The summed E-state index contributed by atoms with van der Waals surface area (Å²) < 4.78 is 10.9. The molecule has 31 heavy (non-hydrogen) atoms. The van der Waals surface area contributed by atoms with Gasteiger partial charge in [0, 0.05) is 18.2 Å². The second kappa shape index (κ2) is 7.39. The second-order valence-electron chi connectivity index (χ2n) is 8.01. The Balaban J connectivity index is 1.66. The molecule has 2 fully saturated rings. The van der Waals surface area contributed by atoms with Crippen molar-refractivity contribution in [3.05, 3.63) is 48.3 Å². The average Bonchev–Trinajstić information content (AvgIpc) is 3.30. The topological polar surface area (TPSA) is 103 Å². The normalized spacial score (nSPS) is 20.6. The van der Waals surface area contributed by atoms with E-state index in [1.54, 1.807) is 20.3 Å². The Kier molecular flexibility index (Phi) is 4.66. The Hall–Kier alpha value is -3.39. The molecular formula is C23H25N5O3. The number of Topliss-reactive ketones (excluding diaryl/α,β-unsaturated/α-hetero) is 1. The minimum atomic E-state index is -0.802. The highest BCUT2D eigenvalue weighted by atomic mass is 16.5. The molecule has 160 valence electrons. The Morgan fingerprint density at radius 3 is 2.42 bits per heavy atom. The lowest BCUT2D eigenvalue weighted by atomic mass is 9.81. The number of aromatic nitrogens is 2. The lowest BCUT2D eigenvalue weighted by Gasteiger charge is -2.41. The Morgan fingerprint density at radius 2 is 1.77 bits per heavy atom. The summed E-state index contributed by atoms with van der Waals surface area (Å²) in [5, 5.41) is 12.4. The van der Waals surface area contributed by atoms with E-state index in [9.17, 15) is 4.79 Å². The first-order valence-electron chi connectivity index (χ1n) is 10.4. The molecule has 0 bridgehead atoms. The minimum Gasteiger partial charge on any atom is -0.497 e. The van der Waals surface area contributed by atoms with Crippen LogP contribution in [-0.2, 0) is 4.79 Å². The summed E-state index contributed by atoms with van der Waals surface area (Å²) in [6, 6.07) is 13.2. The van der Waals surface area contributed by atoms with Crippen molar-refractivity contribution >= 4 is 28.3 Å². The van der Waals surface area contributed by atoms with Gasteiger partial charge in [-0.1, -0.05) is 12.1 Å². The van der Waals surface area contributed by atoms with E-state index in [2.05, 4.69) is 15.3 Å². The van der Waals surface area contributed by atoms with Gasteiger partial charge in [0.05, 0.1) is 30.9 Å². The predicted molar refractivity (Wildman–Crippen MR) is 118 cm³/mol. The third-order valence-corrected chi connectivity index (χ3v) is 6.37. The molecule has 3 aromatic rings. The van der Waals surface area contributed by atoms with Crippen LogP contribution < -0.4 is 19.7 Å². The maximum atomic E-state index is 13.9. The van der Waals surface area contributed by atoms with E-state index in [0.29, 0.717) is 43.3 Å². The molecule has 8 heteroatoms. The largest absolute Gasteiger partial charge is 0.497 e. The summed E-state index contributed by atoms with van der Waals surface area (Å²) in [6.07, 6.45) is 1.23. The number of imidazole rings is 1. The van der Waals surface area contributed by atoms with Crippen molar-refractivity contribution in [1.29, 1.82) is 5.41 Å². The van der Waals surface area contributed by atoms with Crippen molar-refractivity contribution in [2.45, 2.75) is 24.3 Å². The SMILES string of the molecule is COc1cc(OC)cc(N2C(=N)C(c3nc4ccccc4[nH]3)C(=O)C23CCNCC3)c1. The first-order chi connectivity index (χ1) is 15.1. The zero-order chi connectivity index (χ0) is 21.6. The molecule has 0 radical (unpaired) electrons. The summed E-state index contributed by atoms with van der Waals surface area (Å²) in [4.78, 5) is 23.7. The molecule has 2 aliphatic rings. The highest BCUT2D eigenvalue weighted by Gasteiger charge is 2.58. The van der Waals surface area contributed by atoms with Gasteiger partial charge in [0.2, 0.25) is 0 Å². The molecule has 2 aliphatic heterocycles. The van der Waals surface area contributed by atoms with Crippen molar-refractivity contribution in [3.8, 4) is 11.5 Å². The number of aromatic amines is 1. The molecule has 8 nitrogen and oxygen atoms in total. The van der Waals surface area contributed by atoms with E-state index >= 15 is 0 Å². The number of para-hydroxylation sites is 2. The number of benzene rings is 2. The number of piperidine rings is 1. The number of rotatable bonds is 4. The minimum absolute atomic E-state index is 0.0137. The summed E-state index contributed by atoms with van der Waals surface area (Å²) in [5.74, 6) is 1.24. The van der Waals surface area contributed by atoms with E-state index in [1.165, 1.54) is 0 Å². The number of carbonyl (C=O) groups is 1. The molecule has 1 atom stereocenters. The van der Waals surface area contributed by atoms with Crippen LogP contribution in [0.15, 0.2) is 42.5 Å². The van der Waals surface area contributed by atoms with Crippen molar-refractivity contribution in [2.75, 3.05) is 32.2 Å². The Morgan fingerprint density at radius 1 is 1.10 bits per heavy atom. The zero-order valence-electron chi connectivity index (χ0n) is 17.6. The molecule has 3 N–H and O–H groups in total. The number of amidine groups is 1. The van der Waals surface area contributed by atoms with Crippen LogP contribution in [0.3, 0.4) is 0 Å². The number of ketones is 1. The fourth-order valence-electron chi connectivity index (χ4n) is 4.84. The molecule has 0 aliphatic carbocycles. The monoisotopic (exact) mass is 419 g/mol. The van der Waals surface area contributed by atoms with Gasteiger partial charge in [0.25, 0.3) is 0 Å². The quantitative estimate of drug-likeness (QED) is 0.601. The van der Waals surface area contributed by atoms with Crippen molar-refractivity contribution in [1.82, 2.24) is 15.3 Å². The lowest BCUT2D eigenvalue weighted by molar-refractivity contribution is -0.123. The molecule has 5 rings (SSSR count). The van der Waals surface area contributed by atoms with Gasteiger partial charge in [-0.2, -0.15) is 0 Å². The number of carbonyl (C=O) groups excluding carboxylic acids is 1. The number of anilines is 1. The van der Waals surface area contributed by atoms with Gasteiger partial charge in [-0.25, -0.2) is 4.98 Å². The summed E-state index contributed by atoms with van der Waals surface area (Å²) in [7, 11) is 3.19. The Labute approximate surface area is 180 Å². The van der Waals surface area contributed by atoms with Gasteiger partial charge in [-0.15, -0.1) is 0 Å². The number of nitrogens with zero attached hydrogens (tertiary/aromatic N) is 2. The van der Waals surface area contributed by atoms with Crippen molar-refractivity contribution in [3.63, 3.8) is 0 Å². The standard InChI is InChI=1S/C23H25N5O3/c1-30-15-11-14(12-16(13-15)31-2)28-21(24)19(20(29)23(28)7-9-25-10-8-23)22-26-17-5-3-4-6-18(17)27-22/h3-6,11-13,19,24-25H,7-10H2,1-2H3,(H,26,27). The van der Waals surface area contributed by atoms with E-state index in [0.717, 1.165) is 16.7 Å². The zero-order valence-corrected chi connectivity index (χ0v) is 17.6. The van der Waals surface area contributed by atoms with E-state index in [-0.39, 0.29) is 11.6 Å². The average molecular weight is 419 g/mol. The molecule has 2 aromatic carbocycles. The third kappa shape index (κ3) is 2.97. The van der Waals surface area contributed by atoms with Gasteiger partial charge in [-0.05, 0) is 38.1 Å². The van der Waals surface area contributed by atoms with Crippen LogP contribution in [0, 0.1) is 5.41 Å². The molecule has 1 unspecified atom stereocenters. The van der Waals surface area contributed by atoms with E-state index in [1.807, 2.05) is 41.3 Å². The maximum Gasteiger partial charge on any atom is 0.177 e. The number of H-pyrrole nitrogens is 1. The van der Waals surface area contributed by atoms with Crippen LogP contribution in [0.25, 0.3) is 11.0 Å². The molecule has 1 spiro atoms. The molecule has 3 heterocycles. The smallest absolute Gasteiger partial charge is 0.177 e. The first kappa shape index (κ1) is 19.6. The molecule has 0 amide bonds. The maximum absolute atomic E-state index is 13.9. The highest BCUT2D eigenvalue weighted by molar-refractivity contribution is 6.26. The number of fused-ring (bicyclic) bond motifs is 1. The lowest BCUT2D eigenvalue weighted by Crippen LogP contribution is -2.56. The molecule has 1 aromatic heterocycles. The fraction of sp³-hybridized carbons (Fsp3) is 0.348. The number of methoxy groups -OCH3 is 2. The van der Waals surface area contributed by atoms with Crippen molar-refractivity contribution < 1.29 is 14.3 Å². The van der Waals surface area contributed by atoms with Gasteiger partial charge in [0.15, 0.2) is 5.78 Å². The van der Waals surface area contributed by atoms with Crippen LogP contribution in [0.1, 0.15) is 24.6 Å². The van der Waals surface area contributed by atoms with Crippen LogP contribution in [0.4, 0.5) is 5.69 Å². The first-order valence-corrected chi connectivity index (χ1v) is 10.4. The molecule has 2 saturated heterocycles. The number of hydrogen-bond acceptors (Lipinski definition) is 6. The van der Waals surface area contributed by atoms with Gasteiger partial charge in [-0.3, -0.25) is 10.2 Å². The van der Waals surface area contributed by atoms with Crippen molar-refractivity contribution in [2.24, 2.45) is 0 Å². The van der Waals surface area contributed by atoms with Crippen LogP contribution >= 0.6 is 0 Å². The summed E-state index contributed by atoms with van der Waals surface area (Å²) in [5.41, 5.74) is 1.57. The fourth-order valence-corrected chi connectivity index (χ4v) is 4.84. The van der Waals surface area contributed by atoms with Gasteiger partial charge in [0.1, 0.15) is 34.6 Å². The number of hydrogen-bond donors (Lipinski definition) is 3. The van der Waals surface area contributed by atoms with Crippen LogP contribution in [-0.4, -0.2) is 54.4 Å². The van der Waals surface area contributed by atoms with Crippen LogP contribution in [0.2, 0.25) is 0 Å². The van der Waals surface area contributed by atoms with E-state index in [4.69, 9.17) is 14.9 Å². The molecule has 0 saturated carbocycles. The number of ether oxygens (including phenoxy) is 2. The predicted octanol–water partition coefficient (Wildman–Crippen LogP) is 2.85. The summed E-state index contributed by atoms with van der Waals surface area (Å²) in [6.45, 7) is 1.42. The van der Waals surface area contributed by atoms with E-state index < -0.39 is 11.5 Å². The Bertz CT molecular complexity index is 1110. The molecular weight excluding hydrogens is 394 g/mol. The second-order valence-corrected chi connectivity index (χ2v) is 8.01. The summed E-state index contributed by atoms with van der Waals surface area (Å²) >= 11 is 0. The third-order valence-electron chi connectivity index (χ3n) is 6.37. The number of nitrogens with one attached hydrogen (secondary N) is 3. The highest BCUT2D eigenvalue weighted by Crippen LogP contribution is 2.46. The van der Waals surface area contributed by atoms with Crippen LogP contribution in [0.5, 0.6) is 11.5 Å². The van der Waals surface area contributed by atoms with Gasteiger partial charge >= 0.3 is 0 Å².